The minimum Gasteiger partial charge on any atom is -0.483 e. The van der Waals surface area contributed by atoms with E-state index < -0.39 is 17.5 Å². The monoisotopic (exact) mass is 445 g/mol. The Labute approximate surface area is 184 Å². The van der Waals surface area contributed by atoms with Crippen LogP contribution in [0.4, 0.5) is 10.1 Å². The zero-order chi connectivity index (χ0) is 23.4. The number of nitro benzene ring substituents is 1. The summed E-state index contributed by atoms with van der Waals surface area (Å²) in [4.78, 5) is 38.3. The molecule has 2 unspecified atom stereocenters. The standard InChI is InChI=1S/C22H24FN3O6/c1-14-11-25(15(2)10-24(14)12-16-3-5-17(23)6-4-16)21(27)13-32-20-9-18(26(30)31)7-8-19(20)22(28)29/h3-9,14-15H,10-13H2,1-2H3,(H,28,29). The quantitative estimate of drug-likeness (QED) is 0.515. The number of piperazine rings is 1. The zero-order valence-corrected chi connectivity index (χ0v) is 17.7. The fourth-order valence-corrected chi connectivity index (χ4v) is 3.73. The summed E-state index contributed by atoms with van der Waals surface area (Å²) in [5, 5.41) is 20.3. The lowest BCUT2D eigenvalue weighted by molar-refractivity contribution is -0.384. The van der Waals surface area contributed by atoms with Crippen LogP contribution in [0.15, 0.2) is 42.5 Å². The number of benzene rings is 2. The number of non-ortho nitro benzene ring substituents is 1. The molecule has 2 atom stereocenters. The van der Waals surface area contributed by atoms with E-state index in [0.29, 0.717) is 19.6 Å². The average molecular weight is 445 g/mol. The molecule has 2 aromatic rings. The van der Waals surface area contributed by atoms with E-state index in [1.54, 1.807) is 17.0 Å². The molecule has 0 saturated carbocycles. The number of hydrogen-bond acceptors (Lipinski definition) is 6. The molecule has 1 N–H and O–H groups in total. The molecule has 0 aromatic heterocycles. The zero-order valence-electron chi connectivity index (χ0n) is 17.7. The highest BCUT2D eigenvalue weighted by molar-refractivity contribution is 5.91. The lowest BCUT2D eigenvalue weighted by Gasteiger charge is -2.44. The number of hydrogen-bond donors (Lipinski definition) is 1. The van der Waals surface area contributed by atoms with Crippen LogP contribution in [0.1, 0.15) is 29.8 Å². The minimum absolute atomic E-state index is 0.0348. The molecule has 1 aliphatic heterocycles. The molecule has 170 valence electrons. The number of carbonyl (C=O) groups excluding carboxylic acids is 1. The molecule has 3 rings (SSSR count). The summed E-state index contributed by atoms with van der Waals surface area (Å²) >= 11 is 0. The van der Waals surface area contributed by atoms with Crippen molar-refractivity contribution in [2.45, 2.75) is 32.5 Å². The molecule has 1 heterocycles. The van der Waals surface area contributed by atoms with Crippen LogP contribution in [0.3, 0.4) is 0 Å². The van der Waals surface area contributed by atoms with Crippen LogP contribution in [0.2, 0.25) is 0 Å². The molecule has 1 aliphatic rings. The lowest BCUT2D eigenvalue weighted by atomic mass is 10.1. The van der Waals surface area contributed by atoms with E-state index in [0.717, 1.165) is 23.8 Å². The van der Waals surface area contributed by atoms with Crippen molar-refractivity contribution >= 4 is 17.6 Å². The predicted molar refractivity (Wildman–Crippen MR) is 113 cm³/mol. The number of rotatable bonds is 7. The first-order valence-electron chi connectivity index (χ1n) is 10.1. The number of amides is 1. The van der Waals surface area contributed by atoms with Gasteiger partial charge in [0.15, 0.2) is 6.61 Å². The fraction of sp³-hybridized carbons (Fsp3) is 0.364. The van der Waals surface area contributed by atoms with Crippen LogP contribution in [0, 0.1) is 15.9 Å². The fourth-order valence-electron chi connectivity index (χ4n) is 3.73. The van der Waals surface area contributed by atoms with E-state index in [1.807, 2.05) is 13.8 Å². The first-order valence-corrected chi connectivity index (χ1v) is 10.1. The molecule has 2 aromatic carbocycles. The molecule has 1 amide bonds. The second-order valence-electron chi connectivity index (χ2n) is 7.83. The largest absolute Gasteiger partial charge is 0.483 e. The maximum atomic E-state index is 13.1. The second-order valence-corrected chi connectivity index (χ2v) is 7.83. The van der Waals surface area contributed by atoms with E-state index in [1.165, 1.54) is 12.1 Å². The third-order valence-electron chi connectivity index (χ3n) is 5.49. The Kier molecular flexibility index (Phi) is 7.04. The molecule has 9 nitrogen and oxygen atoms in total. The number of carboxylic acid groups (broad SMARTS) is 1. The van der Waals surface area contributed by atoms with E-state index >= 15 is 0 Å². The van der Waals surface area contributed by atoms with E-state index in [2.05, 4.69) is 4.90 Å². The van der Waals surface area contributed by atoms with Gasteiger partial charge in [-0.05, 0) is 37.6 Å². The van der Waals surface area contributed by atoms with Crippen molar-refractivity contribution in [3.63, 3.8) is 0 Å². The van der Waals surface area contributed by atoms with Crippen LogP contribution >= 0.6 is 0 Å². The van der Waals surface area contributed by atoms with Crippen LogP contribution in [-0.4, -0.2) is 63.5 Å². The molecule has 1 saturated heterocycles. The van der Waals surface area contributed by atoms with Crippen molar-refractivity contribution in [1.29, 1.82) is 0 Å². The van der Waals surface area contributed by atoms with Crippen LogP contribution in [-0.2, 0) is 11.3 Å². The van der Waals surface area contributed by atoms with Gasteiger partial charge in [0, 0.05) is 37.8 Å². The molecule has 0 radical (unpaired) electrons. The van der Waals surface area contributed by atoms with Gasteiger partial charge in [0.05, 0.1) is 11.0 Å². The Morgan fingerprint density at radius 3 is 2.47 bits per heavy atom. The molecule has 10 heteroatoms. The summed E-state index contributed by atoms with van der Waals surface area (Å²) < 4.78 is 18.5. The SMILES string of the molecule is CC1CN(C(=O)COc2cc([N+](=O)[O-])ccc2C(=O)O)C(C)CN1Cc1ccc(F)cc1. The van der Waals surface area contributed by atoms with Gasteiger partial charge in [-0.1, -0.05) is 12.1 Å². The number of ether oxygens (including phenoxy) is 1. The topological polar surface area (TPSA) is 113 Å². The van der Waals surface area contributed by atoms with Crippen molar-refractivity contribution in [2.75, 3.05) is 19.7 Å². The van der Waals surface area contributed by atoms with Crippen LogP contribution in [0.25, 0.3) is 0 Å². The first-order chi connectivity index (χ1) is 15.2. The summed E-state index contributed by atoms with van der Waals surface area (Å²) in [6.07, 6.45) is 0. The highest BCUT2D eigenvalue weighted by Gasteiger charge is 2.32. The predicted octanol–water partition coefficient (Wildman–Crippen LogP) is 2.93. The third-order valence-corrected chi connectivity index (χ3v) is 5.49. The van der Waals surface area contributed by atoms with Crippen molar-refractivity contribution < 1.29 is 28.7 Å². The summed E-state index contributed by atoms with van der Waals surface area (Å²) in [7, 11) is 0. The number of carbonyl (C=O) groups is 2. The summed E-state index contributed by atoms with van der Waals surface area (Å²) in [6, 6.07) is 9.36. The normalized spacial score (nSPS) is 18.9. The van der Waals surface area contributed by atoms with Crippen molar-refractivity contribution in [3.8, 4) is 5.75 Å². The van der Waals surface area contributed by atoms with Gasteiger partial charge < -0.3 is 14.7 Å². The summed E-state index contributed by atoms with van der Waals surface area (Å²) in [5.74, 6) is -2.16. The van der Waals surface area contributed by atoms with Gasteiger partial charge in [-0.3, -0.25) is 19.8 Å². The molecular formula is C22H24FN3O6. The number of aromatic carboxylic acids is 1. The van der Waals surface area contributed by atoms with Crippen LogP contribution < -0.4 is 4.74 Å². The van der Waals surface area contributed by atoms with Gasteiger partial charge in [-0.2, -0.15) is 0 Å². The Morgan fingerprint density at radius 1 is 1.16 bits per heavy atom. The Bertz CT molecular complexity index is 1010. The van der Waals surface area contributed by atoms with E-state index in [9.17, 15) is 29.2 Å². The molecule has 32 heavy (non-hydrogen) atoms. The van der Waals surface area contributed by atoms with Gasteiger partial charge >= 0.3 is 5.97 Å². The number of halogens is 1. The van der Waals surface area contributed by atoms with Gasteiger partial charge in [-0.25, -0.2) is 9.18 Å². The highest BCUT2D eigenvalue weighted by atomic mass is 19.1. The van der Waals surface area contributed by atoms with Crippen molar-refractivity contribution in [2.24, 2.45) is 0 Å². The van der Waals surface area contributed by atoms with Crippen molar-refractivity contribution in [1.82, 2.24) is 9.80 Å². The first kappa shape index (κ1) is 23.1. The summed E-state index contributed by atoms with van der Waals surface area (Å²) in [6.45, 7) is 5.11. The van der Waals surface area contributed by atoms with Crippen molar-refractivity contribution in [3.05, 3.63) is 69.5 Å². The van der Waals surface area contributed by atoms with Gasteiger partial charge in [0.1, 0.15) is 17.1 Å². The second kappa shape index (κ2) is 9.73. The Morgan fingerprint density at radius 2 is 1.84 bits per heavy atom. The molecule has 0 bridgehead atoms. The van der Waals surface area contributed by atoms with E-state index in [4.69, 9.17) is 4.74 Å². The minimum atomic E-state index is -1.31. The molecular weight excluding hydrogens is 421 g/mol. The molecule has 0 spiro atoms. The summed E-state index contributed by atoms with van der Waals surface area (Å²) in [5.41, 5.74) is 0.392. The van der Waals surface area contributed by atoms with E-state index in [-0.39, 0.29) is 40.8 Å². The number of carboxylic acids is 1. The van der Waals surface area contributed by atoms with Crippen LogP contribution in [0.5, 0.6) is 5.75 Å². The third kappa shape index (κ3) is 5.38. The number of nitro groups is 1. The Balaban J connectivity index is 1.64. The van der Waals surface area contributed by atoms with Gasteiger partial charge in [-0.15, -0.1) is 0 Å². The maximum absolute atomic E-state index is 13.1. The van der Waals surface area contributed by atoms with Gasteiger partial charge in [0.2, 0.25) is 0 Å². The average Bonchev–Trinajstić information content (AvgIpc) is 2.75. The Hall–Kier alpha value is -3.53. The van der Waals surface area contributed by atoms with Gasteiger partial charge in [0.25, 0.3) is 11.6 Å². The molecule has 1 fully saturated rings. The maximum Gasteiger partial charge on any atom is 0.339 e. The smallest absolute Gasteiger partial charge is 0.339 e. The molecule has 0 aliphatic carbocycles. The number of nitrogens with zero attached hydrogens (tertiary/aromatic N) is 3. The lowest BCUT2D eigenvalue weighted by Crippen LogP contribution is -2.58. The highest BCUT2D eigenvalue weighted by Crippen LogP contribution is 2.25.